The fourth-order valence-corrected chi connectivity index (χ4v) is 3.14. The van der Waals surface area contributed by atoms with Crippen LogP contribution in [0.25, 0.3) is 0 Å². The van der Waals surface area contributed by atoms with Crippen molar-refractivity contribution in [1.82, 2.24) is 0 Å². The highest BCUT2D eigenvalue weighted by Gasteiger charge is 2.18. The number of anilines is 2. The first-order chi connectivity index (χ1) is 8.50. The second kappa shape index (κ2) is 5.12. The average molecular weight is 325 g/mol. The van der Waals surface area contributed by atoms with E-state index >= 15 is 0 Å². The van der Waals surface area contributed by atoms with E-state index in [4.69, 9.17) is 5.73 Å². The summed E-state index contributed by atoms with van der Waals surface area (Å²) in [4.78, 5) is 14.6. The van der Waals surface area contributed by atoms with Crippen molar-refractivity contribution in [3.8, 4) is 0 Å². The average Bonchev–Trinajstić information content (AvgIpc) is 2.68. The second-order valence-corrected chi connectivity index (χ2v) is 6.36. The second-order valence-electron chi connectivity index (χ2n) is 3.99. The summed E-state index contributed by atoms with van der Waals surface area (Å²) in [7, 11) is 1.73. The predicted octanol–water partition coefficient (Wildman–Crippen LogP) is 3.68. The van der Waals surface area contributed by atoms with Gasteiger partial charge in [-0.15, -0.1) is 11.3 Å². The van der Waals surface area contributed by atoms with Gasteiger partial charge < -0.3 is 10.6 Å². The molecule has 0 atom stereocenters. The molecule has 0 aliphatic rings. The lowest BCUT2D eigenvalue weighted by atomic mass is 10.2. The Kier molecular flexibility index (Phi) is 3.73. The lowest BCUT2D eigenvalue weighted by molar-refractivity contribution is 0.0997. The Labute approximate surface area is 118 Å². The standard InChI is InChI=1S/C13H13BrN2OS/c1-8-7-11(18-12(8)14)13(17)16(2)10-6-4-3-5-9(10)15/h3-7H,15H2,1-2H3. The number of carbonyl (C=O) groups is 1. The number of hydrogen-bond donors (Lipinski definition) is 1. The zero-order chi connectivity index (χ0) is 13.3. The number of nitrogen functional groups attached to an aromatic ring is 1. The number of rotatable bonds is 2. The van der Waals surface area contributed by atoms with E-state index in [0.717, 1.165) is 15.0 Å². The first-order valence-corrected chi connectivity index (χ1v) is 7.00. The molecule has 1 amide bonds. The van der Waals surface area contributed by atoms with Crippen LogP contribution < -0.4 is 10.6 Å². The van der Waals surface area contributed by atoms with E-state index in [1.54, 1.807) is 18.0 Å². The van der Waals surface area contributed by atoms with Crippen molar-refractivity contribution in [2.45, 2.75) is 6.92 Å². The van der Waals surface area contributed by atoms with Crippen molar-refractivity contribution in [2.24, 2.45) is 0 Å². The van der Waals surface area contributed by atoms with E-state index in [9.17, 15) is 4.79 Å². The molecule has 0 saturated heterocycles. The molecule has 0 unspecified atom stereocenters. The van der Waals surface area contributed by atoms with Gasteiger partial charge in [-0.05, 0) is 46.6 Å². The molecule has 5 heteroatoms. The van der Waals surface area contributed by atoms with E-state index < -0.39 is 0 Å². The van der Waals surface area contributed by atoms with Crippen molar-refractivity contribution in [2.75, 3.05) is 17.7 Å². The number of aryl methyl sites for hydroxylation is 1. The van der Waals surface area contributed by atoms with Crippen LogP contribution in [-0.4, -0.2) is 13.0 Å². The van der Waals surface area contributed by atoms with Crippen molar-refractivity contribution in [3.63, 3.8) is 0 Å². The largest absolute Gasteiger partial charge is 0.397 e. The summed E-state index contributed by atoms with van der Waals surface area (Å²) in [5.41, 5.74) is 8.26. The van der Waals surface area contributed by atoms with Crippen molar-refractivity contribution < 1.29 is 4.79 Å². The van der Waals surface area contributed by atoms with E-state index in [-0.39, 0.29) is 5.91 Å². The summed E-state index contributed by atoms with van der Waals surface area (Å²) in [6.45, 7) is 1.97. The van der Waals surface area contributed by atoms with Crippen LogP contribution in [0.5, 0.6) is 0 Å². The lowest BCUT2D eigenvalue weighted by Gasteiger charge is -2.18. The number of thiophene rings is 1. The Hall–Kier alpha value is -1.33. The summed E-state index contributed by atoms with van der Waals surface area (Å²) in [6, 6.07) is 9.22. The van der Waals surface area contributed by atoms with Crippen LogP contribution >= 0.6 is 27.3 Å². The molecule has 18 heavy (non-hydrogen) atoms. The zero-order valence-electron chi connectivity index (χ0n) is 10.1. The fraction of sp³-hybridized carbons (Fsp3) is 0.154. The van der Waals surface area contributed by atoms with E-state index in [0.29, 0.717) is 10.6 Å². The molecule has 1 heterocycles. The highest BCUT2D eigenvalue weighted by atomic mass is 79.9. The number of carbonyl (C=O) groups excluding carboxylic acids is 1. The molecule has 1 aromatic heterocycles. The molecule has 0 aliphatic carbocycles. The molecule has 2 aromatic rings. The normalized spacial score (nSPS) is 10.4. The summed E-state index contributed by atoms with van der Waals surface area (Å²) in [5, 5.41) is 0. The quantitative estimate of drug-likeness (QED) is 0.856. The van der Waals surface area contributed by atoms with Gasteiger partial charge in [-0.2, -0.15) is 0 Å². The number of para-hydroxylation sites is 2. The van der Waals surface area contributed by atoms with Crippen LogP contribution in [-0.2, 0) is 0 Å². The minimum absolute atomic E-state index is 0.0494. The number of halogens is 1. The molecular formula is C13H13BrN2OS. The van der Waals surface area contributed by atoms with Gasteiger partial charge in [0.05, 0.1) is 20.0 Å². The first-order valence-electron chi connectivity index (χ1n) is 5.39. The monoisotopic (exact) mass is 324 g/mol. The van der Waals surface area contributed by atoms with E-state index in [1.165, 1.54) is 11.3 Å². The van der Waals surface area contributed by atoms with Crippen LogP contribution in [0.1, 0.15) is 15.2 Å². The minimum Gasteiger partial charge on any atom is -0.397 e. The maximum atomic E-state index is 12.3. The molecule has 0 aliphatic heterocycles. The van der Waals surface area contributed by atoms with Crippen LogP contribution in [0.3, 0.4) is 0 Å². The van der Waals surface area contributed by atoms with Crippen molar-refractivity contribution >= 4 is 44.5 Å². The Morgan fingerprint density at radius 1 is 1.39 bits per heavy atom. The van der Waals surface area contributed by atoms with Gasteiger partial charge in [0.15, 0.2) is 0 Å². The van der Waals surface area contributed by atoms with Gasteiger partial charge in [-0.25, -0.2) is 0 Å². The van der Waals surface area contributed by atoms with Gasteiger partial charge in [0.2, 0.25) is 0 Å². The third kappa shape index (κ3) is 2.42. The summed E-state index contributed by atoms with van der Waals surface area (Å²) in [6.07, 6.45) is 0. The van der Waals surface area contributed by atoms with Crippen LogP contribution in [0.4, 0.5) is 11.4 Å². The Morgan fingerprint density at radius 3 is 2.61 bits per heavy atom. The highest BCUT2D eigenvalue weighted by molar-refractivity contribution is 9.11. The SMILES string of the molecule is Cc1cc(C(=O)N(C)c2ccccc2N)sc1Br. The number of amides is 1. The minimum atomic E-state index is -0.0494. The smallest absolute Gasteiger partial charge is 0.268 e. The van der Waals surface area contributed by atoms with Crippen molar-refractivity contribution in [3.05, 3.63) is 44.6 Å². The molecule has 2 rings (SSSR count). The Morgan fingerprint density at radius 2 is 2.06 bits per heavy atom. The number of hydrogen-bond acceptors (Lipinski definition) is 3. The molecule has 1 aromatic carbocycles. The van der Waals surface area contributed by atoms with Gasteiger partial charge >= 0.3 is 0 Å². The molecule has 94 valence electrons. The Bertz CT molecular complexity index is 575. The maximum Gasteiger partial charge on any atom is 0.268 e. The summed E-state index contributed by atoms with van der Waals surface area (Å²) < 4.78 is 0.986. The predicted molar refractivity (Wildman–Crippen MR) is 80.3 cm³/mol. The topological polar surface area (TPSA) is 46.3 Å². The van der Waals surface area contributed by atoms with Gasteiger partial charge in [0, 0.05) is 7.05 Å². The fourth-order valence-electron chi connectivity index (χ4n) is 1.63. The molecule has 0 fully saturated rings. The molecular weight excluding hydrogens is 312 g/mol. The first kappa shape index (κ1) is 13.1. The molecule has 3 nitrogen and oxygen atoms in total. The molecule has 0 bridgehead atoms. The van der Waals surface area contributed by atoms with Crippen molar-refractivity contribution in [1.29, 1.82) is 0 Å². The third-order valence-electron chi connectivity index (χ3n) is 2.67. The van der Waals surface area contributed by atoms with Gasteiger partial charge in [0.25, 0.3) is 5.91 Å². The maximum absolute atomic E-state index is 12.3. The van der Waals surface area contributed by atoms with E-state index in [1.807, 2.05) is 31.2 Å². The Balaban J connectivity index is 2.32. The molecule has 0 spiro atoms. The molecule has 2 N–H and O–H groups in total. The van der Waals surface area contributed by atoms with Gasteiger partial charge in [0.1, 0.15) is 0 Å². The highest BCUT2D eigenvalue weighted by Crippen LogP contribution is 2.30. The van der Waals surface area contributed by atoms with E-state index in [2.05, 4.69) is 15.9 Å². The summed E-state index contributed by atoms with van der Waals surface area (Å²) >= 11 is 4.86. The molecule has 0 radical (unpaired) electrons. The van der Waals surface area contributed by atoms with Gasteiger partial charge in [-0.1, -0.05) is 12.1 Å². The van der Waals surface area contributed by atoms with Crippen LogP contribution in [0, 0.1) is 6.92 Å². The number of benzene rings is 1. The zero-order valence-corrected chi connectivity index (χ0v) is 12.5. The number of nitrogens with two attached hydrogens (primary N) is 1. The van der Waals surface area contributed by atoms with Gasteiger partial charge in [-0.3, -0.25) is 4.79 Å². The third-order valence-corrected chi connectivity index (χ3v) is 4.80. The van der Waals surface area contributed by atoms with Crippen LogP contribution in [0.15, 0.2) is 34.1 Å². The number of nitrogens with zero attached hydrogens (tertiary/aromatic N) is 1. The lowest BCUT2D eigenvalue weighted by Crippen LogP contribution is -2.26. The molecule has 0 saturated carbocycles. The van der Waals surface area contributed by atoms with Crippen LogP contribution in [0.2, 0.25) is 0 Å². The summed E-state index contributed by atoms with van der Waals surface area (Å²) in [5.74, 6) is -0.0494.